The van der Waals surface area contributed by atoms with E-state index in [0.717, 1.165) is 14.5 Å². The van der Waals surface area contributed by atoms with Crippen molar-refractivity contribution in [2.75, 3.05) is 13.2 Å². The molecule has 7 heteroatoms. The summed E-state index contributed by atoms with van der Waals surface area (Å²) < 4.78 is 7.47. The van der Waals surface area contributed by atoms with Gasteiger partial charge in [0.25, 0.3) is 0 Å². The summed E-state index contributed by atoms with van der Waals surface area (Å²) in [5.41, 5.74) is 1.03. The Hall–Kier alpha value is -1.24. The molecule has 0 bridgehead atoms. The molecule has 2 N–H and O–H groups in total. The zero-order chi connectivity index (χ0) is 17.4. The van der Waals surface area contributed by atoms with Gasteiger partial charge in [-0.1, -0.05) is 61.7 Å². The molecule has 2 aromatic rings. The third kappa shape index (κ3) is 6.34. The lowest BCUT2D eigenvalue weighted by Gasteiger charge is -2.10. The highest BCUT2D eigenvalue weighted by atomic mass is 79.9. The molecule has 0 aromatic heterocycles. The van der Waals surface area contributed by atoms with Crippen molar-refractivity contribution < 1.29 is 9.53 Å². The van der Waals surface area contributed by atoms with Crippen molar-refractivity contribution in [1.29, 1.82) is 0 Å². The van der Waals surface area contributed by atoms with Gasteiger partial charge in [0.15, 0.2) is 0 Å². The normalized spacial score (nSPS) is 10.3. The maximum Gasteiger partial charge on any atom is 0.315 e. The average molecular weight is 477 g/mol. The molecule has 0 saturated carbocycles. The van der Waals surface area contributed by atoms with Crippen molar-refractivity contribution >= 4 is 49.5 Å². The van der Waals surface area contributed by atoms with Gasteiger partial charge in [-0.15, -0.1) is 0 Å². The predicted molar refractivity (Wildman–Crippen MR) is 104 cm³/mol. The van der Waals surface area contributed by atoms with Crippen molar-refractivity contribution in [2.45, 2.75) is 13.0 Å². The molecule has 0 spiro atoms. The molecule has 0 heterocycles. The number of ether oxygens (including phenoxy) is 1. The zero-order valence-electron chi connectivity index (χ0n) is 12.8. The van der Waals surface area contributed by atoms with Crippen molar-refractivity contribution in [3.63, 3.8) is 0 Å². The molecule has 4 nitrogen and oxygen atoms in total. The Morgan fingerprint density at radius 2 is 1.92 bits per heavy atom. The summed E-state index contributed by atoms with van der Waals surface area (Å²) in [5.74, 6) is 0.637. The molecule has 0 aliphatic carbocycles. The first kappa shape index (κ1) is 19.1. The first-order valence-electron chi connectivity index (χ1n) is 7.39. The van der Waals surface area contributed by atoms with Gasteiger partial charge in [-0.25, -0.2) is 4.79 Å². The Morgan fingerprint density at radius 3 is 2.67 bits per heavy atom. The number of amides is 2. The third-order valence-corrected chi connectivity index (χ3v) is 4.72. The maximum atomic E-state index is 11.7. The molecular weight excluding hydrogens is 459 g/mol. The number of carbonyl (C=O) groups is 1. The van der Waals surface area contributed by atoms with Crippen LogP contribution in [0.1, 0.15) is 12.0 Å². The number of urea groups is 1. The molecule has 0 radical (unpaired) electrons. The second-order valence-corrected chi connectivity index (χ2v) is 7.15. The smallest absolute Gasteiger partial charge is 0.315 e. The Labute approximate surface area is 163 Å². The van der Waals surface area contributed by atoms with Gasteiger partial charge in [0.2, 0.25) is 0 Å². The molecule has 0 aliphatic heterocycles. The molecular formula is C17H17Br2ClN2O2. The van der Waals surface area contributed by atoms with Gasteiger partial charge >= 0.3 is 6.03 Å². The highest BCUT2D eigenvalue weighted by molar-refractivity contribution is 9.10. The summed E-state index contributed by atoms with van der Waals surface area (Å²) in [5, 5.41) is 6.17. The van der Waals surface area contributed by atoms with Crippen LogP contribution in [0, 0.1) is 0 Å². The van der Waals surface area contributed by atoms with Crippen LogP contribution in [0.4, 0.5) is 4.79 Å². The van der Waals surface area contributed by atoms with Crippen molar-refractivity contribution in [3.8, 4) is 5.75 Å². The molecule has 2 amide bonds. The van der Waals surface area contributed by atoms with Gasteiger partial charge in [0, 0.05) is 22.0 Å². The summed E-state index contributed by atoms with van der Waals surface area (Å²) in [7, 11) is 0. The van der Waals surface area contributed by atoms with Crippen LogP contribution in [0.25, 0.3) is 0 Å². The van der Waals surface area contributed by atoms with Gasteiger partial charge in [0.1, 0.15) is 5.75 Å². The summed E-state index contributed by atoms with van der Waals surface area (Å²) in [6, 6.07) is 13.0. The molecule has 2 aromatic carbocycles. The van der Waals surface area contributed by atoms with E-state index in [2.05, 4.69) is 42.5 Å². The fourth-order valence-electron chi connectivity index (χ4n) is 1.93. The van der Waals surface area contributed by atoms with Crippen LogP contribution in [0.2, 0.25) is 5.02 Å². The molecule has 0 fully saturated rings. The van der Waals surface area contributed by atoms with Crippen LogP contribution in [-0.4, -0.2) is 19.2 Å². The van der Waals surface area contributed by atoms with E-state index in [1.165, 1.54) is 0 Å². The number of halogens is 3. The predicted octanol–water partition coefficient (Wildman–Crippen LogP) is 5.13. The second-order valence-electron chi connectivity index (χ2n) is 4.98. The van der Waals surface area contributed by atoms with E-state index in [9.17, 15) is 4.79 Å². The molecule has 0 unspecified atom stereocenters. The Kier molecular flexibility index (Phi) is 7.88. The van der Waals surface area contributed by atoms with Crippen LogP contribution in [-0.2, 0) is 6.54 Å². The zero-order valence-corrected chi connectivity index (χ0v) is 16.7. The van der Waals surface area contributed by atoms with Crippen LogP contribution >= 0.6 is 43.5 Å². The topological polar surface area (TPSA) is 50.4 Å². The van der Waals surface area contributed by atoms with Crippen molar-refractivity contribution in [3.05, 3.63) is 62.0 Å². The van der Waals surface area contributed by atoms with Gasteiger partial charge in [-0.2, -0.15) is 0 Å². The SMILES string of the molecule is O=C(NCCCOc1ccc(Br)cc1Cl)NCc1ccccc1Br. The van der Waals surface area contributed by atoms with E-state index < -0.39 is 0 Å². The lowest BCUT2D eigenvalue weighted by molar-refractivity contribution is 0.238. The third-order valence-electron chi connectivity index (χ3n) is 3.16. The number of hydrogen-bond donors (Lipinski definition) is 2. The molecule has 24 heavy (non-hydrogen) atoms. The molecule has 0 aliphatic rings. The number of carbonyl (C=O) groups excluding carboxylic acids is 1. The number of rotatable bonds is 7. The van der Waals surface area contributed by atoms with E-state index in [0.29, 0.717) is 36.9 Å². The van der Waals surface area contributed by atoms with Crippen LogP contribution < -0.4 is 15.4 Å². The van der Waals surface area contributed by atoms with Crippen molar-refractivity contribution in [2.24, 2.45) is 0 Å². The van der Waals surface area contributed by atoms with E-state index >= 15 is 0 Å². The maximum absolute atomic E-state index is 11.7. The van der Waals surface area contributed by atoms with Crippen LogP contribution in [0.3, 0.4) is 0 Å². The molecule has 2 rings (SSSR count). The monoisotopic (exact) mass is 474 g/mol. The van der Waals surface area contributed by atoms with E-state index in [1.54, 1.807) is 6.07 Å². The molecule has 0 saturated heterocycles. The fourth-order valence-corrected chi connectivity index (χ4v) is 3.08. The van der Waals surface area contributed by atoms with E-state index in [-0.39, 0.29) is 6.03 Å². The summed E-state index contributed by atoms with van der Waals surface area (Å²) in [6.07, 6.45) is 0.689. The second kappa shape index (κ2) is 9.91. The average Bonchev–Trinajstić information content (AvgIpc) is 2.55. The standard InChI is InChI=1S/C17H17Br2ClN2O2/c18-13-6-7-16(15(20)10-13)24-9-3-8-21-17(23)22-11-12-4-1-2-5-14(12)19/h1-2,4-7,10H,3,8-9,11H2,(H2,21,22,23). The minimum Gasteiger partial charge on any atom is -0.492 e. The van der Waals surface area contributed by atoms with Gasteiger partial charge in [0.05, 0.1) is 11.6 Å². The first-order chi connectivity index (χ1) is 11.6. The van der Waals surface area contributed by atoms with Gasteiger partial charge < -0.3 is 15.4 Å². The number of hydrogen-bond acceptors (Lipinski definition) is 2. The Bertz CT molecular complexity index is 698. The lowest BCUT2D eigenvalue weighted by Crippen LogP contribution is -2.36. The minimum atomic E-state index is -0.201. The fraction of sp³-hybridized carbons (Fsp3) is 0.235. The van der Waals surface area contributed by atoms with E-state index in [4.69, 9.17) is 16.3 Å². The van der Waals surface area contributed by atoms with Gasteiger partial charge in [-0.05, 0) is 36.2 Å². The van der Waals surface area contributed by atoms with Crippen molar-refractivity contribution in [1.82, 2.24) is 10.6 Å². The van der Waals surface area contributed by atoms with Crippen LogP contribution in [0.5, 0.6) is 5.75 Å². The summed E-state index contributed by atoms with van der Waals surface area (Å²) >= 11 is 12.9. The first-order valence-corrected chi connectivity index (χ1v) is 9.35. The Balaban J connectivity index is 1.62. The highest BCUT2D eigenvalue weighted by Gasteiger charge is 2.04. The Morgan fingerprint density at radius 1 is 1.12 bits per heavy atom. The molecule has 0 atom stereocenters. The van der Waals surface area contributed by atoms with Gasteiger partial charge in [-0.3, -0.25) is 0 Å². The molecule has 128 valence electrons. The van der Waals surface area contributed by atoms with Crippen LogP contribution in [0.15, 0.2) is 51.4 Å². The minimum absolute atomic E-state index is 0.201. The number of benzene rings is 2. The lowest BCUT2D eigenvalue weighted by atomic mass is 10.2. The largest absolute Gasteiger partial charge is 0.492 e. The quantitative estimate of drug-likeness (QED) is 0.544. The van der Waals surface area contributed by atoms with E-state index in [1.807, 2.05) is 36.4 Å². The summed E-state index contributed by atoms with van der Waals surface area (Å²) in [6.45, 7) is 1.47. The highest BCUT2D eigenvalue weighted by Crippen LogP contribution is 2.27. The summed E-state index contributed by atoms with van der Waals surface area (Å²) in [4.78, 5) is 11.7. The number of nitrogens with one attached hydrogen (secondary N) is 2.